The first-order valence-electron chi connectivity index (χ1n) is 9.50. The van der Waals surface area contributed by atoms with Crippen molar-refractivity contribution in [2.24, 2.45) is 0 Å². The number of hydrogen-bond donors (Lipinski definition) is 1. The van der Waals surface area contributed by atoms with E-state index in [2.05, 4.69) is 17.1 Å². The zero-order chi connectivity index (χ0) is 19.9. The molecule has 0 atom stereocenters. The van der Waals surface area contributed by atoms with Crippen LogP contribution in [0, 0.1) is 11.3 Å². The number of amides is 2. The summed E-state index contributed by atoms with van der Waals surface area (Å²) in [6.45, 7) is 4.98. The molecule has 0 spiro atoms. The predicted octanol–water partition coefficient (Wildman–Crippen LogP) is 3.06. The molecule has 2 amide bonds. The van der Waals surface area contributed by atoms with Crippen LogP contribution in [0.1, 0.15) is 29.3 Å². The van der Waals surface area contributed by atoms with Gasteiger partial charge in [0.2, 0.25) is 5.91 Å². The molecule has 0 aromatic heterocycles. The van der Waals surface area contributed by atoms with Gasteiger partial charge in [-0.05, 0) is 48.4 Å². The molecule has 2 aromatic rings. The second-order valence-corrected chi connectivity index (χ2v) is 6.76. The average Bonchev–Trinajstić information content (AvgIpc) is 2.74. The van der Waals surface area contributed by atoms with Gasteiger partial charge >= 0.3 is 0 Å². The lowest BCUT2D eigenvalue weighted by atomic mass is 10.1. The first kappa shape index (κ1) is 19.4. The van der Waals surface area contributed by atoms with Gasteiger partial charge in [0.25, 0.3) is 5.91 Å². The molecule has 6 nitrogen and oxygen atoms in total. The quantitative estimate of drug-likeness (QED) is 0.870. The van der Waals surface area contributed by atoms with Crippen molar-refractivity contribution in [1.29, 1.82) is 5.26 Å². The van der Waals surface area contributed by atoms with Crippen LogP contribution in [-0.4, -0.2) is 42.9 Å². The monoisotopic (exact) mass is 376 g/mol. The molecule has 0 unspecified atom stereocenters. The van der Waals surface area contributed by atoms with Gasteiger partial charge < -0.3 is 15.1 Å². The molecule has 1 saturated heterocycles. The summed E-state index contributed by atoms with van der Waals surface area (Å²) in [5.41, 5.74) is 3.70. The zero-order valence-corrected chi connectivity index (χ0v) is 16.0. The van der Waals surface area contributed by atoms with Gasteiger partial charge in [0.05, 0.1) is 6.07 Å². The second-order valence-electron chi connectivity index (χ2n) is 6.76. The first-order valence-corrected chi connectivity index (χ1v) is 9.50. The van der Waals surface area contributed by atoms with E-state index in [4.69, 9.17) is 5.26 Å². The molecule has 0 radical (unpaired) electrons. The van der Waals surface area contributed by atoms with Gasteiger partial charge in [-0.15, -0.1) is 0 Å². The summed E-state index contributed by atoms with van der Waals surface area (Å²) < 4.78 is 0. The van der Waals surface area contributed by atoms with Gasteiger partial charge in [-0.3, -0.25) is 9.59 Å². The molecule has 0 bridgehead atoms. The third kappa shape index (κ3) is 4.68. The Hall–Kier alpha value is -3.33. The Morgan fingerprint density at radius 2 is 1.64 bits per heavy atom. The summed E-state index contributed by atoms with van der Waals surface area (Å²) in [5.74, 6) is -0.229. The minimum absolute atomic E-state index is 0.0813. The third-order valence-corrected chi connectivity index (χ3v) is 4.93. The normalized spacial score (nSPS) is 13.7. The highest BCUT2D eigenvalue weighted by atomic mass is 16.2. The maximum Gasteiger partial charge on any atom is 0.253 e. The average molecular weight is 376 g/mol. The molecule has 1 aliphatic rings. The summed E-state index contributed by atoms with van der Waals surface area (Å²) in [4.78, 5) is 28.3. The second kappa shape index (κ2) is 9.05. The number of nitrogens with zero attached hydrogens (tertiary/aromatic N) is 3. The van der Waals surface area contributed by atoms with Crippen LogP contribution in [-0.2, 0) is 11.2 Å². The first-order chi connectivity index (χ1) is 13.6. The van der Waals surface area contributed by atoms with Crippen LogP contribution in [0.2, 0.25) is 0 Å². The van der Waals surface area contributed by atoms with E-state index in [0.29, 0.717) is 18.8 Å². The number of nitrogens with one attached hydrogen (secondary N) is 1. The van der Waals surface area contributed by atoms with Crippen LogP contribution >= 0.6 is 0 Å². The van der Waals surface area contributed by atoms with E-state index in [0.717, 1.165) is 30.8 Å². The van der Waals surface area contributed by atoms with Gasteiger partial charge in [-0.1, -0.05) is 19.1 Å². The number of anilines is 2. The highest BCUT2D eigenvalue weighted by molar-refractivity contribution is 5.94. The number of nitriles is 1. The van der Waals surface area contributed by atoms with E-state index < -0.39 is 0 Å². The van der Waals surface area contributed by atoms with E-state index >= 15 is 0 Å². The minimum Gasteiger partial charge on any atom is -0.368 e. The molecule has 0 saturated carbocycles. The number of piperazine rings is 1. The van der Waals surface area contributed by atoms with Crippen LogP contribution in [0.4, 0.5) is 11.4 Å². The molecule has 6 heteroatoms. The number of rotatable bonds is 5. The highest BCUT2D eigenvalue weighted by Crippen LogP contribution is 2.20. The van der Waals surface area contributed by atoms with Crippen LogP contribution in [0.5, 0.6) is 0 Å². The SMILES string of the molecule is CCc1ccc(C(=O)N2CCN(c3ccc(NC(=O)CC#N)cc3)CC2)cc1. The molecule has 2 aromatic carbocycles. The van der Waals surface area contributed by atoms with E-state index in [1.54, 1.807) is 0 Å². The van der Waals surface area contributed by atoms with Crippen molar-refractivity contribution in [1.82, 2.24) is 4.90 Å². The van der Waals surface area contributed by atoms with Crippen molar-refractivity contribution in [3.8, 4) is 6.07 Å². The molecule has 1 aliphatic heterocycles. The Labute approximate surface area is 165 Å². The Morgan fingerprint density at radius 1 is 1.00 bits per heavy atom. The standard InChI is InChI=1S/C22H24N4O2/c1-2-17-3-5-18(6-4-17)22(28)26-15-13-25(14-16-26)20-9-7-19(8-10-20)24-21(27)11-12-23/h3-10H,2,11,13-16H2,1H3,(H,24,27). The fraction of sp³-hybridized carbons (Fsp3) is 0.318. The minimum atomic E-state index is -0.311. The number of hydrogen-bond acceptors (Lipinski definition) is 4. The molecular weight excluding hydrogens is 352 g/mol. The molecule has 3 rings (SSSR count). The number of carbonyl (C=O) groups excluding carboxylic acids is 2. The van der Waals surface area contributed by atoms with E-state index in [9.17, 15) is 9.59 Å². The summed E-state index contributed by atoms with van der Waals surface area (Å²) in [6.07, 6.45) is 0.812. The maximum atomic E-state index is 12.7. The number of carbonyl (C=O) groups is 2. The molecular formula is C22H24N4O2. The lowest BCUT2D eigenvalue weighted by Crippen LogP contribution is -2.48. The fourth-order valence-electron chi connectivity index (χ4n) is 3.27. The van der Waals surface area contributed by atoms with E-state index in [-0.39, 0.29) is 18.2 Å². The van der Waals surface area contributed by atoms with Crippen LogP contribution in [0.3, 0.4) is 0 Å². The molecule has 0 aliphatic carbocycles. The summed E-state index contributed by atoms with van der Waals surface area (Å²) in [6, 6.07) is 17.2. The topological polar surface area (TPSA) is 76.4 Å². The highest BCUT2D eigenvalue weighted by Gasteiger charge is 2.22. The van der Waals surface area contributed by atoms with Crippen LogP contribution < -0.4 is 10.2 Å². The predicted molar refractivity (Wildman–Crippen MR) is 109 cm³/mol. The van der Waals surface area contributed by atoms with Gasteiger partial charge in [-0.25, -0.2) is 0 Å². The van der Waals surface area contributed by atoms with Gasteiger partial charge in [0, 0.05) is 43.1 Å². The fourth-order valence-corrected chi connectivity index (χ4v) is 3.27. The number of aryl methyl sites for hydroxylation is 1. The molecule has 144 valence electrons. The largest absolute Gasteiger partial charge is 0.368 e. The molecule has 1 N–H and O–H groups in total. The van der Waals surface area contributed by atoms with Crippen LogP contribution in [0.15, 0.2) is 48.5 Å². The van der Waals surface area contributed by atoms with E-state index in [1.165, 1.54) is 5.56 Å². The third-order valence-electron chi connectivity index (χ3n) is 4.93. The van der Waals surface area contributed by atoms with Crippen molar-refractivity contribution in [3.05, 3.63) is 59.7 Å². The zero-order valence-electron chi connectivity index (χ0n) is 16.0. The summed E-state index contributed by atoms with van der Waals surface area (Å²) in [5, 5.41) is 11.2. The van der Waals surface area contributed by atoms with Gasteiger partial charge in [-0.2, -0.15) is 5.26 Å². The lowest BCUT2D eigenvalue weighted by Gasteiger charge is -2.36. The summed E-state index contributed by atoms with van der Waals surface area (Å²) >= 11 is 0. The van der Waals surface area contributed by atoms with Crippen molar-refractivity contribution >= 4 is 23.2 Å². The van der Waals surface area contributed by atoms with Crippen LogP contribution in [0.25, 0.3) is 0 Å². The Bertz CT molecular complexity index is 861. The number of benzene rings is 2. The van der Waals surface area contributed by atoms with Gasteiger partial charge in [0.1, 0.15) is 6.42 Å². The molecule has 1 fully saturated rings. The molecule has 28 heavy (non-hydrogen) atoms. The molecule has 1 heterocycles. The van der Waals surface area contributed by atoms with Crippen molar-refractivity contribution in [2.45, 2.75) is 19.8 Å². The van der Waals surface area contributed by atoms with E-state index in [1.807, 2.05) is 59.5 Å². The van der Waals surface area contributed by atoms with Crippen molar-refractivity contribution in [3.63, 3.8) is 0 Å². The maximum absolute atomic E-state index is 12.7. The smallest absolute Gasteiger partial charge is 0.253 e. The Kier molecular flexibility index (Phi) is 6.28. The Balaban J connectivity index is 1.55. The Morgan fingerprint density at radius 3 is 2.21 bits per heavy atom. The summed E-state index contributed by atoms with van der Waals surface area (Å²) in [7, 11) is 0. The van der Waals surface area contributed by atoms with Crippen molar-refractivity contribution < 1.29 is 9.59 Å². The van der Waals surface area contributed by atoms with Crippen molar-refractivity contribution in [2.75, 3.05) is 36.4 Å². The van der Waals surface area contributed by atoms with Gasteiger partial charge in [0.15, 0.2) is 0 Å². The lowest BCUT2D eigenvalue weighted by molar-refractivity contribution is -0.115.